The second-order valence-electron chi connectivity index (χ2n) is 4.05. The second-order valence-corrected chi connectivity index (χ2v) is 5.95. The number of nitrogen functional groups attached to an aromatic ring is 1. The summed E-state index contributed by atoms with van der Waals surface area (Å²) >= 11 is 2.54. The van der Waals surface area contributed by atoms with Crippen LogP contribution in [-0.2, 0) is 6.42 Å². The molecule has 0 saturated heterocycles. The summed E-state index contributed by atoms with van der Waals surface area (Å²) in [5.41, 5.74) is 0.370. The van der Waals surface area contributed by atoms with E-state index in [9.17, 15) is 4.39 Å². The number of nitrogens with two attached hydrogens (primary N) is 1. The van der Waals surface area contributed by atoms with Crippen LogP contribution in [-0.4, -0.2) is 24.8 Å². The van der Waals surface area contributed by atoms with E-state index in [4.69, 9.17) is 5.84 Å². The van der Waals surface area contributed by atoms with Gasteiger partial charge in [0.05, 0.1) is 10.6 Å². The lowest BCUT2D eigenvalue weighted by molar-refractivity contribution is 0.558. The lowest BCUT2D eigenvalue weighted by Crippen LogP contribution is -2.11. The lowest BCUT2D eigenvalue weighted by atomic mass is 10.3. The molecular formula is C12H11FN6S2. The highest BCUT2D eigenvalue weighted by Gasteiger charge is 2.17. The van der Waals surface area contributed by atoms with Crippen molar-refractivity contribution in [1.82, 2.24) is 24.8 Å². The Balaban J connectivity index is 1.93. The van der Waals surface area contributed by atoms with Crippen molar-refractivity contribution >= 4 is 23.1 Å². The number of nitrogens with zero attached hydrogens (tertiary/aromatic N) is 5. The van der Waals surface area contributed by atoms with Crippen LogP contribution in [0.3, 0.4) is 0 Å². The fourth-order valence-electron chi connectivity index (χ4n) is 1.71. The summed E-state index contributed by atoms with van der Waals surface area (Å²) in [7, 11) is 0. The molecule has 3 aromatic heterocycles. The summed E-state index contributed by atoms with van der Waals surface area (Å²) in [5, 5.41) is 10.5. The maximum atomic E-state index is 14.1. The Hall–Kier alpha value is -2.00. The second kappa shape index (κ2) is 5.78. The average molecular weight is 322 g/mol. The van der Waals surface area contributed by atoms with Crippen molar-refractivity contribution in [2.24, 2.45) is 0 Å². The van der Waals surface area contributed by atoms with E-state index >= 15 is 0 Å². The maximum absolute atomic E-state index is 14.1. The first-order valence-electron chi connectivity index (χ1n) is 6.12. The van der Waals surface area contributed by atoms with Crippen LogP contribution in [0.2, 0.25) is 0 Å². The molecule has 0 amide bonds. The first-order valence-corrected chi connectivity index (χ1v) is 7.82. The Morgan fingerprint density at radius 3 is 2.95 bits per heavy atom. The van der Waals surface area contributed by atoms with E-state index in [1.54, 1.807) is 0 Å². The fraction of sp³-hybridized carbons (Fsp3) is 0.167. The molecule has 0 bridgehead atoms. The van der Waals surface area contributed by atoms with Crippen LogP contribution in [0.4, 0.5) is 4.39 Å². The van der Waals surface area contributed by atoms with Crippen molar-refractivity contribution in [3.05, 3.63) is 35.4 Å². The molecular weight excluding hydrogens is 311 g/mol. The van der Waals surface area contributed by atoms with Gasteiger partial charge in [-0.15, -0.1) is 21.5 Å². The van der Waals surface area contributed by atoms with Crippen molar-refractivity contribution in [1.29, 1.82) is 0 Å². The molecule has 21 heavy (non-hydrogen) atoms. The Bertz CT molecular complexity index is 755. The first kappa shape index (κ1) is 14.0. The van der Waals surface area contributed by atoms with E-state index in [1.165, 1.54) is 22.3 Å². The SMILES string of the molecule is CCc1ncnc(Sc2nnc(-c3cccs3)n2N)c1F. The molecule has 0 aliphatic heterocycles. The highest BCUT2D eigenvalue weighted by Crippen LogP contribution is 2.30. The largest absolute Gasteiger partial charge is 0.335 e. The average Bonchev–Trinajstić information content (AvgIpc) is 3.12. The summed E-state index contributed by atoms with van der Waals surface area (Å²) in [4.78, 5) is 8.73. The molecule has 0 aliphatic carbocycles. The van der Waals surface area contributed by atoms with Gasteiger partial charge in [-0.3, -0.25) is 0 Å². The van der Waals surface area contributed by atoms with E-state index in [1.807, 2.05) is 24.4 Å². The molecule has 0 aromatic carbocycles. The van der Waals surface area contributed by atoms with Crippen molar-refractivity contribution in [3.63, 3.8) is 0 Å². The van der Waals surface area contributed by atoms with Gasteiger partial charge in [0.15, 0.2) is 11.6 Å². The molecule has 0 radical (unpaired) electrons. The number of hydrogen-bond donors (Lipinski definition) is 1. The highest BCUT2D eigenvalue weighted by atomic mass is 32.2. The number of thiophene rings is 1. The molecule has 3 heterocycles. The standard InChI is InChI=1S/C12H11FN6S2/c1-2-7-9(13)11(16-6-15-7)21-12-18-17-10(19(12)14)8-4-3-5-20-8/h3-6H,2,14H2,1H3. The van der Waals surface area contributed by atoms with Gasteiger partial charge in [-0.1, -0.05) is 13.0 Å². The zero-order valence-corrected chi connectivity index (χ0v) is 12.7. The Kier molecular flexibility index (Phi) is 3.84. The molecule has 0 atom stereocenters. The zero-order valence-electron chi connectivity index (χ0n) is 11.0. The van der Waals surface area contributed by atoms with Gasteiger partial charge in [0, 0.05) is 0 Å². The molecule has 108 valence electrons. The summed E-state index contributed by atoms with van der Waals surface area (Å²) in [6.07, 6.45) is 1.83. The van der Waals surface area contributed by atoms with Crippen LogP contribution in [0.15, 0.2) is 34.0 Å². The van der Waals surface area contributed by atoms with Gasteiger partial charge in [0.2, 0.25) is 5.16 Å². The minimum Gasteiger partial charge on any atom is -0.335 e. The number of halogens is 1. The summed E-state index contributed by atoms with van der Waals surface area (Å²) < 4.78 is 15.5. The van der Waals surface area contributed by atoms with Gasteiger partial charge in [-0.2, -0.15) is 0 Å². The molecule has 0 saturated carbocycles. The monoisotopic (exact) mass is 322 g/mol. The number of rotatable bonds is 4. The Morgan fingerprint density at radius 1 is 1.38 bits per heavy atom. The van der Waals surface area contributed by atoms with Gasteiger partial charge in [-0.25, -0.2) is 19.0 Å². The minimum atomic E-state index is -0.439. The summed E-state index contributed by atoms with van der Waals surface area (Å²) in [5.74, 6) is 6.07. The van der Waals surface area contributed by atoms with Crippen molar-refractivity contribution in [2.75, 3.05) is 5.84 Å². The van der Waals surface area contributed by atoms with Gasteiger partial charge >= 0.3 is 0 Å². The Labute approximate surface area is 128 Å². The third kappa shape index (κ3) is 2.61. The molecule has 0 spiro atoms. The third-order valence-electron chi connectivity index (χ3n) is 2.76. The van der Waals surface area contributed by atoms with E-state index in [-0.39, 0.29) is 5.03 Å². The quantitative estimate of drug-likeness (QED) is 0.586. The number of hydrogen-bond acceptors (Lipinski definition) is 7. The van der Waals surface area contributed by atoms with Gasteiger partial charge in [-0.05, 0) is 29.6 Å². The molecule has 3 rings (SSSR count). The van der Waals surface area contributed by atoms with Gasteiger partial charge in [0.25, 0.3) is 0 Å². The number of aryl methyl sites for hydroxylation is 1. The molecule has 0 unspecified atom stereocenters. The van der Waals surface area contributed by atoms with Crippen molar-refractivity contribution in [3.8, 4) is 10.7 Å². The van der Waals surface area contributed by atoms with Crippen LogP contribution in [0.25, 0.3) is 10.7 Å². The topological polar surface area (TPSA) is 82.5 Å². The Morgan fingerprint density at radius 2 is 2.24 bits per heavy atom. The smallest absolute Gasteiger partial charge is 0.216 e. The van der Waals surface area contributed by atoms with Crippen molar-refractivity contribution in [2.45, 2.75) is 23.5 Å². The van der Waals surface area contributed by atoms with E-state index < -0.39 is 5.82 Å². The summed E-state index contributed by atoms with van der Waals surface area (Å²) in [6, 6.07) is 3.80. The van der Waals surface area contributed by atoms with Crippen LogP contribution in [0.5, 0.6) is 0 Å². The predicted molar refractivity (Wildman–Crippen MR) is 79.0 cm³/mol. The van der Waals surface area contributed by atoms with E-state index in [2.05, 4.69) is 20.2 Å². The van der Waals surface area contributed by atoms with E-state index in [0.717, 1.165) is 16.6 Å². The maximum Gasteiger partial charge on any atom is 0.216 e. The lowest BCUT2D eigenvalue weighted by Gasteiger charge is -2.04. The third-order valence-corrected chi connectivity index (χ3v) is 4.56. The van der Waals surface area contributed by atoms with Gasteiger partial charge < -0.3 is 5.84 Å². The van der Waals surface area contributed by atoms with Crippen LogP contribution in [0, 0.1) is 5.82 Å². The van der Waals surface area contributed by atoms with Crippen LogP contribution >= 0.6 is 23.1 Å². The fourth-order valence-corrected chi connectivity index (χ4v) is 3.16. The van der Waals surface area contributed by atoms with Crippen molar-refractivity contribution < 1.29 is 4.39 Å². The molecule has 2 N–H and O–H groups in total. The minimum absolute atomic E-state index is 0.193. The predicted octanol–water partition coefficient (Wildman–Crippen LogP) is 2.36. The molecule has 0 aliphatic rings. The van der Waals surface area contributed by atoms with Crippen LogP contribution < -0.4 is 5.84 Å². The van der Waals surface area contributed by atoms with Gasteiger partial charge in [0.1, 0.15) is 11.4 Å². The normalized spacial score (nSPS) is 11.0. The molecule has 0 fully saturated rings. The number of aromatic nitrogens is 5. The highest BCUT2D eigenvalue weighted by molar-refractivity contribution is 7.99. The molecule has 9 heteroatoms. The molecule has 3 aromatic rings. The summed E-state index contributed by atoms with van der Waals surface area (Å²) in [6.45, 7) is 1.83. The first-order chi connectivity index (χ1) is 10.2. The van der Waals surface area contributed by atoms with E-state index in [0.29, 0.717) is 23.1 Å². The molecule has 6 nitrogen and oxygen atoms in total. The van der Waals surface area contributed by atoms with Crippen LogP contribution in [0.1, 0.15) is 12.6 Å². The zero-order chi connectivity index (χ0) is 14.8.